The quantitative estimate of drug-likeness (QED) is 0.890. The van der Waals surface area contributed by atoms with Crippen LogP contribution in [0.15, 0.2) is 12.1 Å². The highest BCUT2D eigenvalue weighted by atomic mass is 19.1. The average molecular weight is 292 g/mol. The monoisotopic (exact) mass is 292 g/mol. The molecule has 2 rings (SSSR count). The summed E-state index contributed by atoms with van der Waals surface area (Å²) in [4.78, 5) is 2.44. The minimum Gasteiger partial charge on any atom is -0.371 e. The lowest BCUT2D eigenvalue weighted by Crippen LogP contribution is -2.39. The highest BCUT2D eigenvalue weighted by Crippen LogP contribution is 2.33. The van der Waals surface area contributed by atoms with E-state index in [1.54, 1.807) is 6.07 Å². The van der Waals surface area contributed by atoms with Crippen LogP contribution in [0, 0.1) is 24.6 Å². The number of halogens is 1. The molecule has 1 heterocycles. The second-order valence-corrected chi connectivity index (χ2v) is 6.63. The minimum absolute atomic E-state index is 0.100. The number of hydrogen-bond donors (Lipinski definition) is 1. The van der Waals surface area contributed by atoms with E-state index in [9.17, 15) is 4.39 Å². The summed E-state index contributed by atoms with van der Waals surface area (Å²) in [6, 6.07) is 3.93. The number of anilines is 1. The molecule has 0 amide bonds. The Morgan fingerprint density at radius 3 is 2.67 bits per heavy atom. The number of nitrogens with one attached hydrogen (secondary N) is 1. The van der Waals surface area contributed by atoms with E-state index in [0.717, 1.165) is 36.7 Å². The van der Waals surface area contributed by atoms with Crippen molar-refractivity contribution in [1.82, 2.24) is 5.32 Å². The van der Waals surface area contributed by atoms with Gasteiger partial charge in [0.1, 0.15) is 5.82 Å². The van der Waals surface area contributed by atoms with E-state index in [1.807, 2.05) is 13.0 Å². The van der Waals surface area contributed by atoms with Gasteiger partial charge in [-0.15, -0.1) is 0 Å². The Morgan fingerprint density at radius 1 is 1.33 bits per heavy atom. The lowest BCUT2D eigenvalue weighted by Gasteiger charge is -2.38. The van der Waals surface area contributed by atoms with Crippen molar-refractivity contribution in [1.29, 1.82) is 0 Å². The normalized spacial score (nSPS) is 24.2. The summed E-state index contributed by atoms with van der Waals surface area (Å²) in [6.45, 7) is 13.7. The predicted octanol–water partition coefficient (Wildman–Crippen LogP) is 4.29. The Kier molecular flexibility index (Phi) is 5.26. The van der Waals surface area contributed by atoms with Crippen molar-refractivity contribution < 1.29 is 4.39 Å². The molecule has 0 saturated carbocycles. The van der Waals surface area contributed by atoms with Crippen molar-refractivity contribution in [2.75, 3.05) is 24.5 Å². The van der Waals surface area contributed by atoms with Crippen molar-refractivity contribution in [3.05, 3.63) is 29.1 Å². The van der Waals surface area contributed by atoms with Crippen LogP contribution >= 0.6 is 0 Å². The highest BCUT2D eigenvalue weighted by Gasteiger charge is 2.25. The molecule has 0 spiro atoms. The molecule has 1 N–H and O–H groups in total. The third kappa shape index (κ3) is 3.57. The molecular weight excluding hydrogens is 263 g/mol. The molecule has 3 heteroatoms. The van der Waals surface area contributed by atoms with Crippen LogP contribution in [0.5, 0.6) is 0 Å². The van der Waals surface area contributed by atoms with Crippen molar-refractivity contribution in [3.8, 4) is 0 Å². The molecule has 0 bridgehead atoms. The SMILES string of the molecule is CCNC(C)c1cc(F)c(C)cc1N1CCC(C)C(C)C1. The first-order valence-corrected chi connectivity index (χ1v) is 8.22. The van der Waals surface area contributed by atoms with Crippen molar-refractivity contribution in [2.24, 2.45) is 11.8 Å². The van der Waals surface area contributed by atoms with Crippen LogP contribution in [-0.4, -0.2) is 19.6 Å². The molecule has 118 valence electrons. The number of aryl methyl sites for hydroxylation is 1. The zero-order chi connectivity index (χ0) is 15.6. The van der Waals surface area contributed by atoms with Gasteiger partial charge in [-0.1, -0.05) is 20.8 Å². The van der Waals surface area contributed by atoms with E-state index in [0.29, 0.717) is 5.92 Å². The third-order valence-electron chi connectivity index (χ3n) is 4.96. The maximum Gasteiger partial charge on any atom is 0.126 e. The zero-order valence-electron chi connectivity index (χ0n) is 14.0. The fraction of sp³-hybridized carbons (Fsp3) is 0.667. The number of piperidine rings is 1. The molecule has 1 aliphatic rings. The first-order chi connectivity index (χ1) is 9.93. The van der Waals surface area contributed by atoms with E-state index < -0.39 is 0 Å². The molecule has 0 aliphatic carbocycles. The van der Waals surface area contributed by atoms with Crippen LogP contribution in [0.25, 0.3) is 0 Å². The molecular formula is C18H29FN2. The van der Waals surface area contributed by atoms with Gasteiger partial charge in [0, 0.05) is 24.8 Å². The summed E-state index contributed by atoms with van der Waals surface area (Å²) in [6.07, 6.45) is 1.21. The Balaban J connectivity index is 2.34. The Labute approximate surface area is 128 Å². The second-order valence-electron chi connectivity index (χ2n) is 6.63. The van der Waals surface area contributed by atoms with Gasteiger partial charge in [-0.3, -0.25) is 0 Å². The van der Waals surface area contributed by atoms with Gasteiger partial charge in [-0.25, -0.2) is 4.39 Å². The molecule has 1 aliphatic heterocycles. The van der Waals surface area contributed by atoms with Gasteiger partial charge in [0.2, 0.25) is 0 Å². The van der Waals surface area contributed by atoms with Gasteiger partial charge in [0.15, 0.2) is 0 Å². The largest absolute Gasteiger partial charge is 0.371 e. The summed E-state index contributed by atoms with van der Waals surface area (Å²) in [7, 11) is 0. The standard InChI is InChI=1S/C18H29FN2/c1-6-20-15(5)16-10-17(19)13(3)9-18(16)21-8-7-12(2)14(4)11-21/h9-10,12,14-15,20H,6-8,11H2,1-5H3. The lowest BCUT2D eigenvalue weighted by molar-refractivity contribution is 0.323. The molecule has 1 saturated heterocycles. The molecule has 0 radical (unpaired) electrons. The highest BCUT2D eigenvalue weighted by molar-refractivity contribution is 5.57. The number of rotatable bonds is 4. The number of nitrogens with zero attached hydrogens (tertiary/aromatic N) is 1. The summed E-state index contributed by atoms with van der Waals surface area (Å²) < 4.78 is 14.0. The molecule has 0 aromatic heterocycles. The molecule has 1 aromatic carbocycles. The van der Waals surface area contributed by atoms with Crippen LogP contribution < -0.4 is 10.2 Å². The van der Waals surface area contributed by atoms with E-state index in [1.165, 1.54) is 12.1 Å². The van der Waals surface area contributed by atoms with E-state index in [4.69, 9.17) is 0 Å². The van der Waals surface area contributed by atoms with Crippen LogP contribution in [0.1, 0.15) is 51.3 Å². The molecule has 2 nitrogen and oxygen atoms in total. The van der Waals surface area contributed by atoms with Crippen LogP contribution in [0.2, 0.25) is 0 Å². The van der Waals surface area contributed by atoms with Gasteiger partial charge in [0.25, 0.3) is 0 Å². The van der Waals surface area contributed by atoms with Crippen molar-refractivity contribution >= 4 is 5.69 Å². The Morgan fingerprint density at radius 2 is 2.05 bits per heavy atom. The zero-order valence-corrected chi connectivity index (χ0v) is 14.0. The summed E-state index contributed by atoms with van der Waals surface area (Å²) in [5, 5.41) is 3.41. The van der Waals surface area contributed by atoms with Gasteiger partial charge >= 0.3 is 0 Å². The first-order valence-electron chi connectivity index (χ1n) is 8.22. The molecule has 1 aromatic rings. The maximum absolute atomic E-state index is 14.0. The first kappa shape index (κ1) is 16.3. The topological polar surface area (TPSA) is 15.3 Å². The van der Waals surface area contributed by atoms with Crippen LogP contribution in [0.4, 0.5) is 10.1 Å². The summed E-state index contributed by atoms with van der Waals surface area (Å²) in [5.74, 6) is 1.36. The van der Waals surface area contributed by atoms with E-state index in [-0.39, 0.29) is 11.9 Å². The van der Waals surface area contributed by atoms with Crippen molar-refractivity contribution in [3.63, 3.8) is 0 Å². The predicted molar refractivity (Wildman–Crippen MR) is 88.4 cm³/mol. The smallest absolute Gasteiger partial charge is 0.126 e. The fourth-order valence-electron chi connectivity index (χ4n) is 3.20. The summed E-state index contributed by atoms with van der Waals surface area (Å²) in [5.41, 5.74) is 3.03. The summed E-state index contributed by atoms with van der Waals surface area (Å²) >= 11 is 0. The van der Waals surface area contributed by atoms with Crippen molar-refractivity contribution in [2.45, 2.75) is 47.1 Å². The number of hydrogen-bond acceptors (Lipinski definition) is 2. The van der Waals surface area contributed by atoms with Crippen LogP contribution in [-0.2, 0) is 0 Å². The molecule has 3 atom stereocenters. The van der Waals surface area contributed by atoms with Gasteiger partial charge in [0.05, 0.1) is 0 Å². The van der Waals surface area contributed by atoms with E-state index >= 15 is 0 Å². The van der Waals surface area contributed by atoms with Crippen LogP contribution in [0.3, 0.4) is 0 Å². The second kappa shape index (κ2) is 6.78. The molecule has 3 unspecified atom stereocenters. The van der Waals surface area contributed by atoms with E-state index in [2.05, 4.69) is 37.9 Å². The number of benzene rings is 1. The van der Waals surface area contributed by atoms with Gasteiger partial charge in [-0.05, 0) is 61.9 Å². The molecule has 1 fully saturated rings. The Bertz CT molecular complexity index is 486. The van der Waals surface area contributed by atoms with Gasteiger partial charge < -0.3 is 10.2 Å². The minimum atomic E-state index is -0.100. The average Bonchev–Trinajstić information content (AvgIpc) is 2.44. The third-order valence-corrected chi connectivity index (χ3v) is 4.96. The molecule has 21 heavy (non-hydrogen) atoms. The Hall–Kier alpha value is -1.09. The maximum atomic E-state index is 14.0. The van der Waals surface area contributed by atoms with Gasteiger partial charge in [-0.2, -0.15) is 0 Å². The lowest BCUT2D eigenvalue weighted by atomic mass is 9.87. The fourth-order valence-corrected chi connectivity index (χ4v) is 3.20.